The maximum absolute atomic E-state index is 10.9. The van der Waals surface area contributed by atoms with Gasteiger partial charge in [-0.25, -0.2) is 0 Å². The van der Waals surface area contributed by atoms with Gasteiger partial charge in [-0.2, -0.15) is 0 Å². The van der Waals surface area contributed by atoms with Gasteiger partial charge in [0.1, 0.15) is 5.75 Å². The number of ether oxygens (including phenoxy) is 1. The lowest BCUT2D eigenvalue weighted by atomic mass is 10.0. The maximum Gasteiger partial charge on any atom is 0.307 e. The summed E-state index contributed by atoms with van der Waals surface area (Å²) >= 11 is 1.66. The summed E-state index contributed by atoms with van der Waals surface area (Å²) in [7, 11) is 1.65. The summed E-state index contributed by atoms with van der Waals surface area (Å²) in [6, 6.07) is 13.9. The van der Waals surface area contributed by atoms with E-state index in [1.54, 1.807) is 18.9 Å². The van der Waals surface area contributed by atoms with Gasteiger partial charge in [0.25, 0.3) is 0 Å². The summed E-state index contributed by atoms with van der Waals surface area (Å²) in [6.07, 6.45) is 0.913. The molecule has 0 fully saturated rings. The van der Waals surface area contributed by atoms with Gasteiger partial charge in [0, 0.05) is 9.79 Å². The molecule has 0 heterocycles. The molecule has 0 saturated carbocycles. The SMILES string of the molecule is CCc1cc(Sc2ccc(OC)cc2)ccc1CC(=O)O. The second-order valence-electron chi connectivity index (χ2n) is 4.63. The van der Waals surface area contributed by atoms with Crippen LogP contribution in [0.3, 0.4) is 0 Å². The third kappa shape index (κ3) is 4.26. The minimum Gasteiger partial charge on any atom is -0.497 e. The van der Waals surface area contributed by atoms with E-state index in [1.807, 2.05) is 43.3 Å². The Labute approximate surface area is 129 Å². The van der Waals surface area contributed by atoms with E-state index >= 15 is 0 Å². The Hall–Kier alpha value is -1.94. The van der Waals surface area contributed by atoms with Crippen molar-refractivity contribution in [2.24, 2.45) is 0 Å². The molecule has 2 rings (SSSR count). The van der Waals surface area contributed by atoms with Crippen molar-refractivity contribution in [1.82, 2.24) is 0 Å². The Morgan fingerprint density at radius 1 is 1.10 bits per heavy atom. The molecule has 0 spiro atoms. The van der Waals surface area contributed by atoms with Gasteiger partial charge in [0.2, 0.25) is 0 Å². The van der Waals surface area contributed by atoms with Crippen molar-refractivity contribution in [3.8, 4) is 5.75 Å². The van der Waals surface area contributed by atoms with E-state index in [1.165, 1.54) is 0 Å². The lowest BCUT2D eigenvalue weighted by Gasteiger charge is -2.09. The number of hydrogen-bond acceptors (Lipinski definition) is 3. The van der Waals surface area contributed by atoms with E-state index in [-0.39, 0.29) is 6.42 Å². The van der Waals surface area contributed by atoms with Gasteiger partial charge in [-0.15, -0.1) is 0 Å². The molecule has 0 unspecified atom stereocenters. The summed E-state index contributed by atoms with van der Waals surface area (Å²) in [5.41, 5.74) is 1.99. The van der Waals surface area contributed by atoms with Crippen molar-refractivity contribution < 1.29 is 14.6 Å². The van der Waals surface area contributed by atoms with Crippen LogP contribution in [-0.2, 0) is 17.6 Å². The van der Waals surface area contributed by atoms with Gasteiger partial charge in [0.15, 0.2) is 0 Å². The molecule has 0 amide bonds. The number of aryl methyl sites for hydroxylation is 1. The van der Waals surface area contributed by atoms with Gasteiger partial charge < -0.3 is 9.84 Å². The minimum atomic E-state index is -0.791. The van der Waals surface area contributed by atoms with Gasteiger partial charge in [-0.3, -0.25) is 4.79 Å². The molecule has 0 aromatic heterocycles. The van der Waals surface area contributed by atoms with Crippen LogP contribution in [0, 0.1) is 0 Å². The molecule has 0 aliphatic carbocycles. The number of carbonyl (C=O) groups is 1. The molecule has 0 atom stereocenters. The molecule has 2 aromatic rings. The fourth-order valence-electron chi connectivity index (χ4n) is 2.11. The van der Waals surface area contributed by atoms with Gasteiger partial charge in [0.05, 0.1) is 13.5 Å². The smallest absolute Gasteiger partial charge is 0.307 e. The molecule has 110 valence electrons. The standard InChI is InChI=1S/C17H18O3S/c1-3-12-10-16(7-4-13(12)11-17(18)19)21-15-8-5-14(20-2)6-9-15/h4-10H,3,11H2,1-2H3,(H,18,19). The van der Waals surface area contributed by atoms with Crippen LogP contribution >= 0.6 is 11.8 Å². The normalized spacial score (nSPS) is 10.4. The number of carboxylic acids is 1. The molecule has 3 nitrogen and oxygen atoms in total. The second-order valence-corrected chi connectivity index (χ2v) is 5.78. The maximum atomic E-state index is 10.9. The lowest BCUT2D eigenvalue weighted by Crippen LogP contribution is -2.03. The van der Waals surface area contributed by atoms with E-state index in [9.17, 15) is 4.79 Å². The highest BCUT2D eigenvalue weighted by Gasteiger charge is 2.07. The van der Waals surface area contributed by atoms with Gasteiger partial charge in [-0.1, -0.05) is 24.8 Å². The van der Waals surface area contributed by atoms with Crippen LogP contribution in [0.25, 0.3) is 0 Å². The summed E-state index contributed by atoms with van der Waals surface area (Å²) in [5.74, 6) is 0.0469. The zero-order chi connectivity index (χ0) is 15.2. The molecule has 2 aromatic carbocycles. The first kappa shape index (κ1) is 15.4. The summed E-state index contributed by atoms with van der Waals surface area (Å²) in [5, 5.41) is 8.92. The molecule has 1 N–H and O–H groups in total. The highest BCUT2D eigenvalue weighted by atomic mass is 32.2. The topological polar surface area (TPSA) is 46.5 Å². The highest BCUT2D eigenvalue weighted by Crippen LogP contribution is 2.30. The Morgan fingerprint density at radius 2 is 1.76 bits per heavy atom. The lowest BCUT2D eigenvalue weighted by molar-refractivity contribution is -0.136. The van der Waals surface area contributed by atoms with Crippen LogP contribution in [0.4, 0.5) is 0 Å². The Morgan fingerprint density at radius 3 is 2.33 bits per heavy atom. The van der Waals surface area contributed by atoms with E-state index in [0.717, 1.165) is 33.1 Å². The number of carboxylic acid groups (broad SMARTS) is 1. The zero-order valence-electron chi connectivity index (χ0n) is 12.1. The van der Waals surface area contributed by atoms with Crippen LogP contribution in [0.1, 0.15) is 18.1 Å². The monoisotopic (exact) mass is 302 g/mol. The predicted molar refractivity (Wildman–Crippen MR) is 84.3 cm³/mol. The van der Waals surface area contributed by atoms with Crippen LogP contribution in [0.2, 0.25) is 0 Å². The number of rotatable bonds is 6. The number of hydrogen-bond donors (Lipinski definition) is 1. The number of aliphatic carboxylic acids is 1. The Balaban J connectivity index is 2.17. The van der Waals surface area contributed by atoms with E-state index < -0.39 is 5.97 Å². The molecular weight excluding hydrogens is 284 g/mol. The van der Waals surface area contributed by atoms with Crippen LogP contribution in [0.15, 0.2) is 52.3 Å². The first-order valence-electron chi connectivity index (χ1n) is 6.78. The highest BCUT2D eigenvalue weighted by molar-refractivity contribution is 7.99. The molecule has 0 bridgehead atoms. The molecule has 0 saturated heterocycles. The minimum absolute atomic E-state index is 0.0800. The number of benzene rings is 2. The molecule has 0 aliphatic heterocycles. The first-order chi connectivity index (χ1) is 10.1. The van der Waals surface area contributed by atoms with Crippen LogP contribution < -0.4 is 4.74 Å². The average molecular weight is 302 g/mol. The van der Waals surface area contributed by atoms with Crippen LogP contribution in [-0.4, -0.2) is 18.2 Å². The van der Waals surface area contributed by atoms with E-state index in [2.05, 4.69) is 6.07 Å². The zero-order valence-corrected chi connectivity index (χ0v) is 12.9. The largest absolute Gasteiger partial charge is 0.497 e. The molecule has 21 heavy (non-hydrogen) atoms. The van der Waals surface area contributed by atoms with Gasteiger partial charge in [-0.05, 0) is 53.9 Å². The Bertz CT molecular complexity index is 620. The first-order valence-corrected chi connectivity index (χ1v) is 7.59. The van der Waals surface area contributed by atoms with E-state index in [0.29, 0.717) is 0 Å². The van der Waals surface area contributed by atoms with Crippen molar-refractivity contribution in [2.45, 2.75) is 29.6 Å². The van der Waals surface area contributed by atoms with Crippen molar-refractivity contribution in [3.05, 3.63) is 53.6 Å². The summed E-state index contributed by atoms with van der Waals surface area (Å²) < 4.78 is 5.14. The fraction of sp³-hybridized carbons (Fsp3) is 0.235. The molecular formula is C17H18O3S. The van der Waals surface area contributed by atoms with Crippen molar-refractivity contribution in [1.29, 1.82) is 0 Å². The average Bonchev–Trinajstić information content (AvgIpc) is 2.49. The molecule has 0 aliphatic rings. The molecule has 4 heteroatoms. The van der Waals surface area contributed by atoms with Crippen LogP contribution in [0.5, 0.6) is 5.75 Å². The van der Waals surface area contributed by atoms with Gasteiger partial charge >= 0.3 is 5.97 Å². The molecule has 0 radical (unpaired) electrons. The third-order valence-electron chi connectivity index (χ3n) is 3.20. The van der Waals surface area contributed by atoms with Crippen molar-refractivity contribution >= 4 is 17.7 Å². The number of methoxy groups -OCH3 is 1. The fourth-order valence-corrected chi connectivity index (χ4v) is 2.99. The summed E-state index contributed by atoms with van der Waals surface area (Å²) in [6.45, 7) is 2.04. The van der Waals surface area contributed by atoms with Crippen molar-refractivity contribution in [3.63, 3.8) is 0 Å². The van der Waals surface area contributed by atoms with E-state index in [4.69, 9.17) is 9.84 Å². The second kappa shape index (κ2) is 7.18. The predicted octanol–water partition coefficient (Wildman–Crippen LogP) is 4.04. The summed E-state index contributed by atoms with van der Waals surface area (Å²) in [4.78, 5) is 13.1. The van der Waals surface area contributed by atoms with Crippen molar-refractivity contribution in [2.75, 3.05) is 7.11 Å². The quantitative estimate of drug-likeness (QED) is 0.875. The third-order valence-corrected chi connectivity index (χ3v) is 4.19. The Kier molecular flexibility index (Phi) is 5.28.